The van der Waals surface area contributed by atoms with Gasteiger partial charge >= 0.3 is 6.03 Å². The summed E-state index contributed by atoms with van der Waals surface area (Å²) in [5, 5.41) is 6.76. The maximum Gasteiger partial charge on any atom is 0.317 e. The van der Waals surface area contributed by atoms with Crippen molar-refractivity contribution in [2.45, 2.75) is 50.6 Å². The van der Waals surface area contributed by atoms with Crippen LogP contribution in [-0.2, 0) is 0 Å². The van der Waals surface area contributed by atoms with E-state index in [1.54, 1.807) is 0 Å². The predicted molar refractivity (Wildman–Crippen MR) is 107 cm³/mol. The van der Waals surface area contributed by atoms with Gasteiger partial charge in [0.1, 0.15) is 6.29 Å². The number of hydrogen-bond donors (Lipinski definition) is 2. The third-order valence-electron chi connectivity index (χ3n) is 6.75. The summed E-state index contributed by atoms with van der Waals surface area (Å²) < 4.78 is 0. The fraction of sp³-hybridized carbons (Fsp3) is 0.619. The van der Waals surface area contributed by atoms with Crippen molar-refractivity contribution in [3.8, 4) is 0 Å². The number of amides is 2. The highest BCUT2D eigenvalue weighted by Crippen LogP contribution is 2.51. The maximum absolute atomic E-state index is 12.6. The van der Waals surface area contributed by atoms with Crippen molar-refractivity contribution in [3.05, 3.63) is 28.8 Å². The molecule has 1 saturated heterocycles. The summed E-state index contributed by atoms with van der Waals surface area (Å²) in [5.74, 6) is 0.775. The minimum absolute atomic E-state index is 0.0149. The summed E-state index contributed by atoms with van der Waals surface area (Å²) in [6, 6.07) is 4.55. The molecule has 1 aromatic rings. The second kappa shape index (κ2) is 7.15. The second-order valence-electron chi connectivity index (χ2n) is 8.13. The number of piperidine rings is 1. The number of carbonyl (C=O) groups excluding carboxylic acids is 2. The largest absolute Gasteiger partial charge is 0.384 e. The molecule has 0 spiro atoms. The first kappa shape index (κ1) is 18.3. The molecule has 2 N–H and O–H groups in total. The summed E-state index contributed by atoms with van der Waals surface area (Å²) in [6.07, 6.45) is 3.02. The summed E-state index contributed by atoms with van der Waals surface area (Å²) in [5.41, 5.74) is 4.59. The van der Waals surface area contributed by atoms with E-state index in [4.69, 9.17) is 0 Å². The zero-order valence-electron chi connectivity index (χ0n) is 16.5. The molecule has 3 aliphatic rings. The average molecular weight is 370 g/mol. The molecule has 1 unspecified atom stereocenters. The number of fused-ring (bicyclic) bond motifs is 2. The summed E-state index contributed by atoms with van der Waals surface area (Å²) in [4.78, 5) is 28.6. The van der Waals surface area contributed by atoms with Crippen molar-refractivity contribution < 1.29 is 9.59 Å². The lowest BCUT2D eigenvalue weighted by Crippen LogP contribution is -2.56. The number of benzene rings is 1. The Morgan fingerprint density at radius 2 is 2.07 bits per heavy atom. The number of anilines is 1. The molecular formula is C21H30N4O2. The molecule has 0 aromatic heterocycles. The van der Waals surface area contributed by atoms with Crippen LogP contribution in [0.25, 0.3) is 0 Å². The quantitative estimate of drug-likeness (QED) is 0.800. The van der Waals surface area contributed by atoms with Crippen LogP contribution in [0.5, 0.6) is 0 Å². The Kier molecular flexibility index (Phi) is 4.84. The Morgan fingerprint density at radius 1 is 1.30 bits per heavy atom. The Morgan fingerprint density at radius 3 is 2.78 bits per heavy atom. The van der Waals surface area contributed by atoms with Crippen LogP contribution in [0, 0.1) is 0 Å². The van der Waals surface area contributed by atoms with Crippen LogP contribution in [0.4, 0.5) is 10.5 Å². The van der Waals surface area contributed by atoms with E-state index in [1.165, 1.54) is 16.8 Å². The number of carbonyl (C=O) groups is 2. The molecule has 2 heterocycles. The lowest BCUT2D eigenvalue weighted by Gasteiger charge is -2.48. The molecule has 0 radical (unpaired) electrons. The first-order chi connectivity index (χ1) is 13.1. The van der Waals surface area contributed by atoms with Gasteiger partial charge in [-0.3, -0.25) is 4.79 Å². The van der Waals surface area contributed by atoms with E-state index < -0.39 is 0 Å². The lowest BCUT2D eigenvalue weighted by atomic mass is 9.68. The van der Waals surface area contributed by atoms with Crippen molar-refractivity contribution >= 4 is 18.0 Å². The van der Waals surface area contributed by atoms with Crippen molar-refractivity contribution in [3.63, 3.8) is 0 Å². The lowest BCUT2D eigenvalue weighted by molar-refractivity contribution is 0.105. The standard InChI is InChI=1S/C21H30N4O2/c1-4-25(5-2)21(27)23-15-9-16-18(24(3)11-15)8-14-10-22-17-7-6-13(12-26)19(16)20(14)17/h6-7,12,14-16,18,22H,4-5,8-11H2,1-3H3,(H,23,27)/t14?,15-,16-,18+/m0/s1. The molecule has 1 aliphatic carbocycles. The first-order valence-corrected chi connectivity index (χ1v) is 10.2. The van der Waals surface area contributed by atoms with Gasteiger partial charge in [-0.2, -0.15) is 0 Å². The molecule has 1 aromatic carbocycles. The SMILES string of the molecule is CCN(CC)C(=O)N[C@H]1C[C@@H]2c3c(C=O)ccc4c3C(CN4)C[C@H]2N(C)C1. The minimum Gasteiger partial charge on any atom is -0.384 e. The van der Waals surface area contributed by atoms with Crippen LogP contribution >= 0.6 is 0 Å². The number of rotatable bonds is 4. The van der Waals surface area contributed by atoms with E-state index in [0.29, 0.717) is 25.0 Å². The molecular weight excluding hydrogens is 340 g/mol. The van der Waals surface area contributed by atoms with E-state index in [1.807, 2.05) is 24.8 Å². The van der Waals surface area contributed by atoms with E-state index >= 15 is 0 Å². The zero-order valence-corrected chi connectivity index (χ0v) is 16.5. The molecule has 146 valence electrons. The number of nitrogens with one attached hydrogen (secondary N) is 2. The van der Waals surface area contributed by atoms with Gasteiger partial charge in [0.25, 0.3) is 0 Å². The van der Waals surface area contributed by atoms with Crippen LogP contribution in [0.1, 0.15) is 60.0 Å². The molecule has 0 bridgehead atoms. The normalized spacial score (nSPS) is 28.7. The van der Waals surface area contributed by atoms with Gasteiger partial charge < -0.3 is 20.4 Å². The summed E-state index contributed by atoms with van der Waals surface area (Å²) in [6.45, 7) is 7.26. The molecule has 6 heteroatoms. The van der Waals surface area contributed by atoms with Gasteiger partial charge in [-0.1, -0.05) is 0 Å². The topological polar surface area (TPSA) is 64.7 Å². The Bertz CT molecular complexity index is 746. The van der Waals surface area contributed by atoms with Crippen molar-refractivity contribution in [2.24, 2.45) is 0 Å². The van der Waals surface area contributed by atoms with E-state index in [2.05, 4.69) is 28.6 Å². The fourth-order valence-electron chi connectivity index (χ4n) is 5.46. The minimum atomic E-state index is 0.0149. The highest BCUT2D eigenvalue weighted by molar-refractivity contribution is 5.82. The molecule has 1 fully saturated rings. The van der Waals surface area contributed by atoms with Crippen LogP contribution in [0.3, 0.4) is 0 Å². The Labute approximate surface area is 161 Å². The maximum atomic E-state index is 12.6. The van der Waals surface area contributed by atoms with Gasteiger partial charge in [0, 0.05) is 61.3 Å². The van der Waals surface area contributed by atoms with Gasteiger partial charge in [0.15, 0.2) is 0 Å². The van der Waals surface area contributed by atoms with E-state index in [9.17, 15) is 9.59 Å². The molecule has 4 atom stereocenters. The van der Waals surface area contributed by atoms with Crippen LogP contribution < -0.4 is 10.6 Å². The van der Waals surface area contributed by atoms with Crippen LogP contribution in [0.15, 0.2) is 12.1 Å². The van der Waals surface area contributed by atoms with Crippen molar-refractivity contribution in [2.75, 3.05) is 38.5 Å². The van der Waals surface area contributed by atoms with Crippen molar-refractivity contribution in [1.29, 1.82) is 0 Å². The Hall–Kier alpha value is -2.08. The summed E-state index contributed by atoms with van der Waals surface area (Å²) in [7, 11) is 2.16. The number of aldehydes is 1. The first-order valence-electron chi connectivity index (χ1n) is 10.2. The van der Waals surface area contributed by atoms with Gasteiger partial charge in [-0.15, -0.1) is 0 Å². The monoisotopic (exact) mass is 370 g/mol. The fourth-order valence-corrected chi connectivity index (χ4v) is 5.46. The molecule has 2 aliphatic heterocycles. The van der Waals surface area contributed by atoms with E-state index in [-0.39, 0.29) is 18.0 Å². The number of nitrogens with zero attached hydrogens (tertiary/aromatic N) is 2. The highest BCUT2D eigenvalue weighted by Gasteiger charge is 2.45. The molecule has 6 nitrogen and oxygen atoms in total. The van der Waals surface area contributed by atoms with Crippen LogP contribution in [0.2, 0.25) is 0 Å². The smallest absolute Gasteiger partial charge is 0.317 e. The third kappa shape index (κ3) is 3.00. The average Bonchev–Trinajstić information content (AvgIpc) is 3.07. The molecule has 27 heavy (non-hydrogen) atoms. The van der Waals surface area contributed by atoms with Gasteiger partial charge in [-0.25, -0.2) is 4.79 Å². The summed E-state index contributed by atoms with van der Waals surface area (Å²) >= 11 is 0. The number of likely N-dealkylation sites (N-methyl/N-ethyl adjacent to an activating group) is 1. The van der Waals surface area contributed by atoms with Gasteiger partial charge in [0.2, 0.25) is 0 Å². The predicted octanol–water partition coefficient (Wildman–Crippen LogP) is 2.62. The molecule has 0 saturated carbocycles. The van der Waals surface area contributed by atoms with Gasteiger partial charge in [-0.05, 0) is 57.0 Å². The second-order valence-corrected chi connectivity index (χ2v) is 8.13. The number of likely N-dealkylation sites (tertiary alicyclic amines) is 1. The molecule has 2 amide bonds. The zero-order chi connectivity index (χ0) is 19.1. The van der Waals surface area contributed by atoms with E-state index in [0.717, 1.165) is 37.8 Å². The Balaban J connectivity index is 1.64. The highest BCUT2D eigenvalue weighted by atomic mass is 16.2. The third-order valence-corrected chi connectivity index (χ3v) is 6.75. The number of hydrogen-bond acceptors (Lipinski definition) is 4. The molecule has 4 rings (SSSR count). The van der Waals surface area contributed by atoms with Gasteiger partial charge in [0.05, 0.1) is 0 Å². The van der Waals surface area contributed by atoms with Crippen molar-refractivity contribution in [1.82, 2.24) is 15.1 Å². The van der Waals surface area contributed by atoms with Crippen LogP contribution in [-0.4, -0.2) is 67.4 Å². The number of urea groups is 1.